The third-order valence-electron chi connectivity index (χ3n) is 3.09. The highest BCUT2D eigenvalue weighted by Gasteiger charge is 2.04. The van der Waals surface area contributed by atoms with Crippen molar-refractivity contribution in [2.45, 2.75) is 27.2 Å². The van der Waals surface area contributed by atoms with Crippen LogP contribution in [0.1, 0.15) is 28.2 Å². The summed E-state index contributed by atoms with van der Waals surface area (Å²) in [4.78, 5) is 8.96. The summed E-state index contributed by atoms with van der Waals surface area (Å²) < 4.78 is 0. The lowest BCUT2D eigenvalue weighted by Crippen LogP contribution is -2.02. The van der Waals surface area contributed by atoms with Gasteiger partial charge in [-0.1, -0.05) is 18.2 Å². The van der Waals surface area contributed by atoms with Crippen molar-refractivity contribution in [3.63, 3.8) is 0 Å². The number of nitrogens with one attached hydrogen (secondary N) is 1. The molecule has 0 atom stereocenters. The first-order chi connectivity index (χ1) is 8.58. The lowest BCUT2D eigenvalue weighted by molar-refractivity contribution is 0.942. The first-order valence-electron chi connectivity index (χ1n) is 6.17. The van der Waals surface area contributed by atoms with E-state index in [1.165, 1.54) is 16.7 Å². The van der Waals surface area contributed by atoms with Gasteiger partial charge in [0.25, 0.3) is 0 Å². The minimum absolute atomic E-state index is 0.775. The number of benzene rings is 1. The zero-order valence-corrected chi connectivity index (χ0v) is 11.4. The van der Waals surface area contributed by atoms with Crippen molar-refractivity contribution in [3.05, 3.63) is 52.5 Å². The van der Waals surface area contributed by atoms with Crippen LogP contribution in [0.3, 0.4) is 0 Å². The Balaban J connectivity index is 2.27. The molecule has 0 saturated heterocycles. The van der Waals surface area contributed by atoms with Crippen LogP contribution in [0.4, 0.5) is 5.82 Å². The molecule has 18 heavy (non-hydrogen) atoms. The minimum atomic E-state index is 0.775. The van der Waals surface area contributed by atoms with Crippen LogP contribution in [0.5, 0.6) is 0 Å². The van der Waals surface area contributed by atoms with E-state index >= 15 is 0 Å². The highest BCUT2D eigenvalue weighted by atomic mass is 15.0. The second-order valence-corrected chi connectivity index (χ2v) is 4.66. The van der Waals surface area contributed by atoms with Gasteiger partial charge < -0.3 is 5.32 Å². The standard InChI is InChI=1S/C15H19N3/c1-10-5-6-13(7-11(10)2)9-15-17-12(3)8-14(16-4)18-15/h5-8H,9H2,1-4H3,(H,16,17,18). The molecule has 0 aliphatic carbocycles. The van der Waals surface area contributed by atoms with Crippen molar-refractivity contribution in [1.29, 1.82) is 0 Å². The van der Waals surface area contributed by atoms with Crippen LogP contribution in [0.2, 0.25) is 0 Å². The van der Waals surface area contributed by atoms with Gasteiger partial charge in [0.05, 0.1) is 0 Å². The van der Waals surface area contributed by atoms with Gasteiger partial charge >= 0.3 is 0 Å². The topological polar surface area (TPSA) is 37.8 Å². The van der Waals surface area contributed by atoms with Crippen LogP contribution in [0.15, 0.2) is 24.3 Å². The largest absolute Gasteiger partial charge is 0.373 e. The Bertz CT molecular complexity index is 562. The fraction of sp³-hybridized carbons (Fsp3) is 0.333. The SMILES string of the molecule is CNc1cc(C)nc(Cc2ccc(C)c(C)c2)n1. The van der Waals surface area contributed by atoms with E-state index in [9.17, 15) is 0 Å². The average molecular weight is 241 g/mol. The molecule has 0 radical (unpaired) electrons. The number of nitrogens with zero attached hydrogens (tertiary/aromatic N) is 2. The summed E-state index contributed by atoms with van der Waals surface area (Å²) >= 11 is 0. The van der Waals surface area contributed by atoms with Gasteiger partial charge in [-0.25, -0.2) is 9.97 Å². The summed E-state index contributed by atoms with van der Waals surface area (Å²) in [6.07, 6.45) is 0.775. The predicted octanol–water partition coefficient (Wildman–Crippen LogP) is 3.03. The van der Waals surface area contributed by atoms with E-state index in [2.05, 4.69) is 47.3 Å². The summed E-state index contributed by atoms with van der Waals surface area (Å²) in [5.74, 6) is 1.74. The summed E-state index contributed by atoms with van der Waals surface area (Å²) in [5, 5.41) is 3.06. The number of anilines is 1. The zero-order chi connectivity index (χ0) is 13.1. The monoisotopic (exact) mass is 241 g/mol. The Kier molecular flexibility index (Phi) is 3.60. The van der Waals surface area contributed by atoms with Crippen molar-refractivity contribution in [2.24, 2.45) is 0 Å². The average Bonchev–Trinajstić information content (AvgIpc) is 2.33. The molecule has 0 aliphatic rings. The van der Waals surface area contributed by atoms with Gasteiger partial charge in [0.1, 0.15) is 11.6 Å². The minimum Gasteiger partial charge on any atom is -0.373 e. The Morgan fingerprint density at radius 3 is 2.44 bits per heavy atom. The summed E-state index contributed by atoms with van der Waals surface area (Å²) in [7, 11) is 1.88. The summed E-state index contributed by atoms with van der Waals surface area (Å²) in [6.45, 7) is 6.25. The molecule has 0 saturated carbocycles. The first kappa shape index (κ1) is 12.6. The second-order valence-electron chi connectivity index (χ2n) is 4.66. The Labute approximate surface area is 108 Å². The number of aromatic nitrogens is 2. The molecule has 0 aliphatic heterocycles. The van der Waals surface area contributed by atoms with E-state index in [1.807, 2.05) is 20.0 Å². The fourth-order valence-corrected chi connectivity index (χ4v) is 1.93. The maximum Gasteiger partial charge on any atom is 0.135 e. The quantitative estimate of drug-likeness (QED) is 0.897. The van der Waals surface area contributed by atoms with Crippen molar-refractivity contribution < 1.29 is 0 Å². The molecular weight excluding hydrogens is 222 g/mol. The van der Waals surface area contributed by atoms with Gasteiger partial charge in [0, 0.05) is 25.2 Å². The number of hydrogen-bond acceptors (Lipinski definition) is 3. The molecule has 0 unspecified atom stereocenters. The van der Waals surface area contributed by atoms with Crippen molar-refractivity contribution >= 4 is 5.82 Å². The van der Waals surface area contributed by atoms with E-state index in [4.69, 9.17) is 0 Å². The maximum atomic E-state index is 4.48. The predicted molar refractivity (Wildman–Crippen MR) is 75.0 cm³/mol. The molecule has 2 aromatic rings. The van der Waals surface area contributed by atoms with Crippen molar-refractivity contribution in [1.82, 2.24) is 9.97 Å². The molecular formula is C15H19N3. The number of aryl methyl sites for hydroxylation is 3. The molecule has 94 valence electrons. The molecule has 0 fully saturated rings. The fourth-order valence-electron chi connectivity index (χ4n) is 1.93. The van der Waals surface area contributed by atoms with E-state index in [0.29, 0.717) is 0 Å². The van der Waals surface area contributed by atoms with E-state index in [1.54, 1.807) is 0 Å². The highest BCUT2D eigenvalue weighted by Crippen LogP contribution is 2.14. The maximum absolute atomic E-state index is 4.48. The lowest BCUT2D eigenvalue weighted by atomic mass is 10.0. The molecule has 0 bridgehead atoms. The zero-order valence-electron chi connectivity index (χ0n) is 11.4. The summed E-state index contributed by atoms with van der Waals surface area (Å²) in [5.41, 5.74) is 4.88. The van der Waals surface area contributed by atoms with Crippen LogP contribution < -0.4 is 5.32 Å². The molecule has 0 spiro atoms. The molecule has 2 rings (SSSR count). The van der Waals surface area contributed by atoms with Gasteiger partial charge in [0.15, 0.2) is 0 Å². The van der Waals surface area contributed by atoms with Crippen LogP contribution in [-0.2, 0) is 6.42 Å². The first-order valence-corrected chi connectivity index (χ1v) is 6.17. The second kappa shape index (κ2) is 5.17. The van der Waals surface area contributed by atoms with Crippen molar-refractivity contribution in [2.75, 3.05) is 12.4 Å². The third-order valence-corrected chi connectivity index (χ3v) is 3.09. The van der Waals surface area contributed by atoms with E-state index in [0.717, 1.165) is 23.8 Å². The molecule has 0 amide bonds. The smallest absolute Gasteiger partial charge is 0.135 e. The van der Waals surface area contributed by atoms with Crippen LogP contribution in [0, 0.1) is 20.8 Å². The van der Waals surface area contributed by atoms with Gasteiger partial charge in [-0.05, 0) is 37.5 Å². The highest BCUT2D eigenvalue weighted by molar-refractivity contribution is 5.36. The van der Waals surface area contributed by atoms with Crippen LogP contribution in [-0.4, -0.2) is 17.0 Å². The molecule has 1 N–H and O–H groups in total. The Morgan fingerprint density at radius 1 is 1.00 bits per heavy atom. The van der Waals surface area contributed by atoms with Gasteiger partial charge in [-0.2, -0.15) is 0 Å². The molecule has 1 aromatic carbocycles. The molecule has 3 nitrogen and oxygen atoms in total. The van der Waals surface area contributed by atoms with Crippen molar-refractivity contribution in [3.8, 4) is 0 Å². The third kappa shape index (κ3) is 2.86. The summed E-state index contributed by atoms with van der Waals surface area (Å²) in [6, 6.07) is 8.45. The van der Waals surface area contributed by atoms with Gasteiger partial charge in [-0.15, -0.1) is 0 Å². The normalized spacial score (nSPS) is 10.4. The van der Waals surface area contributed by atoms with E-state index < -0.39 is 0 Å². The molecule has 1 heterocycles. The number of hydrogen-bond donors (Lipinski definition) is 1. The van der Waals surface area contributed by atoms with Crippen LogP contribution in [0.25, 0.3) is 0 Å². The number of rotatable bonds is 3. The van der Waals surface area contributed by atoms with Gasteiger partial charge in [-0.3, -0.25) is 0 Å². The van der Waals surface area contributed by atoms with Crippen LogP contribution >= 0.6 is 0 Å². The Morgan fingerprint density at radius 2 is 1.78 bits per heavy atom. The van der Waals surface area contributed by atoms with Gasteiger partial charge in [0.2, 0.25) is 0 Å². The molecule has 3 heteroatoms. The molecule has 1 aromatic heterocycles. The van der Waals surface area contributed by atoms with E-state index in [-0.39, 0.29) is 0 Å². The lowest BCUT2D eigenvalue weighted by Gasteiger charge is -2.07. The Hall–Kier alpha value is -1.90.